The fourth-order valence-electron chi connectivity index (χ4n) is 1.80. The molecule has 4 heteroatoms. The first-order chi connectivity index (χ1) is 9.47. The first-order valence-corrected chi connectivity index (χ1v) is 6.48. The Morgan fingerprint density at radius 2 is 1.90 bits per heavy atom. The molecule has 1 heterocycles. The molecule has 2 aromatic rings. The zero-order valence-electron chi connectivity index (χ0n) is 11.6. The molecule has 4 nitrogen and oxygen atoms in total. The molecule has 0 saturated carbocycles. The van der Waals surface area contributed by atoms with E-state index in [2.05, 4.69) is 10.3 Å². The first-order valence-electron chi connectivity index (χ1n) is 6.48. The maximum Gasteiger partial charge on any atom is 0.270 e. The fraction of sp³-hybridized carbons (Fsp3) is 0.250. The number of amides is 1. The van der Waals surface area contributed by atoms with Crippen molar-refractivity contribution in [2.45, 2.75) is 26.0 Å². The molecule has 20 heavy (non-hydrogen) atoms. The Balaban J connectivity index is 1.96. The van der Waals surface area contributed by atoms with E-state index in [1.165, 1.54) is 0 Å². The third kappa shape index (κ3) is 3.65. The molecule has 0 bridgehead atoms. The van der Waals surface area contributed by atoms with Crippen LogP contribution in [-0.2, 0) is 12.1 Å². The number of rotatable bonds is 4. The lowest BCUT2D eigenvalue weighted by Crippen LogP contribution is -2.23. The van der Waals surface area contributed by atoms with E-state index in [-0.39, 0.29) is 5.91 Å². The van der Waals surface area contributed by atoms with Crippen LogP contribution in [0, 0.1) is 0 Å². The standard InChI is InChI=1S/C16H18N2O2/c1-16(2,20)13-8-6-12(7-9-13)11-18-15(19)14-5-3-4-10-17-14/h3-10,20H,11H2,1-2H3,(H,18,19). The number of aromatic nitrogens is 1. The van der Waals surface area contributed by atoms with Gasteiger partial charge in [0.15, 0.2) is 0 Å². The van der Waals surface area contributed by atoms with E-state index in [0.29, 0.717) is 12.2 Å². The van der Waals surface area contributed by atoms with Gasteiger partial charge in [-0.2, -0.15) is 0 Å². The predicted octanol–water partition coefficient (Wildman–Crippen LogP) is 2.24. The van der Waals surface area contributed by atoms with E-state index in [0.717, 1.165) is 11.1 Å². The van der Waals surface area contributed by atoms with Crippen molar-refractivity contribution in [3.05, 3.63) is 65.5 Å². The summed E-state index contributed by atoms with van der Waals surface area (Å²) in [4.78, 5) is 15.8. The number of aliphatic hydroxyl groups is 1. The lowest BCUT2D eigenvalue weighted by Gasteiger charge is -2.17. The summed E-state index contributed by atoms with van der Waals surface area (Å²) in [6.07, 6.45) is 1.59. The van der Waals surface area contributed by atoms with Crippen LogP contribution < -0.4 is 5.32 Å². The van der Waals surface area contributed by atoms with Gasteiger partial charge in [0.25, 0.3) is 5.91 Å². The highest BCUT2D eigenvalue weighted by molar-refractivity contribution is 5.92. The Morgan fingerprint density at radius 1 is 1.20 bits per heavy atom. The van der Waals surface area contributed by atoms with Gasteiger partial charge in [-0.25, -0.2) is 0 Å². The summed E-state index contributed by atoms with van der Waals surface area (Å²) in [5.41, 5.74) is 1.37. The van der Waals surface area contributed by atoms with E-state index in [1.54, 1.807) is 38.2 Å². The monoisotopic (exact) mass is 270 g/mol. The van der Waals surface area contributed by atoms with Gasteiger partial charge in [0.2, 0.25) is 0 Å². The second kappa shape index (κ2) is 5.84. The second-order valence-corrected chi connectivity index (χ2v) is 5.15. The molecule has 104 valence electrons. The summed E-state index contributed by atoms with van der Waals surface area (Å²) < 4.78 is 0. The number of carbonyl (C=O) groups is 1. The molecule has 1 aromatic carbocycles. The number of carbonyl (C=O) groups excluding carboxylic acids is 1. The molecule has 0 aliphatic heterocycles. The van der Waals surface area contributed by atoms with Gasteiger partial charge in [-0.05, 0) is 37.1 Å². The van der Waals surface area contributed by atoms with Crippen LogP contribution in [0.5, 0.6) is 0 Å². The van der Waals surface area contributed by atoms with Crippen molar-refractivity contribution in [1.82, 2.24) is 10.3 Å². The molecule has 1 aromatic heterocycles. The lowest BCUT2D eigenvalue weighted by atomic mass is 9.97. The van der Waals surface area contributed by atoms with Crippen LogP contribution in [0.15, 0.2) is 48.7 Å². The SMILES string of the molecule is CC(C)(O)c1ccc(CNC(=O)c2ccccn2)cc1. The van der Waals surface area contributed by atoms with Crippen molar-refractivity contribution < 1.29 is 9.90 Å². The minimum Gasteiger partial charge on any atom is -0.386 e. The van der Waals surface area contributed by atoms with Crippen molar-refractivity contribution in [3.63, 3.8) is 0 Å². The predicted molar refractivity (Wildman–Crippen MR) is 77.1 cm³/mol. The molecule has 2 rings (SSSR count). The smallest absolute Gasteiger partial charge is 0.270 e. The normalized spacial score (nSPS) is 11.2. The summed E-state index contributed by atoms with van der Waals surface area (Å²) in [6.45, 7) is 3.91. The highest BCUT2D eigenvalue weighted by atomic mass is 16.3. The van der Waals surface area contributed by atoms with Crippen LogP contribution >= 0.6 is 0 Å². The second-order valence-electron chi connectivity index (χ2n) is 5.15. The van der Waals surface area contributed by atoms with Crippen LogP contribution in [-0.4, -0.2) is 16.0 Å². The van der Waals surface area contributed by atoms with Crippen LogP contribution in [0.4, 0.5) is 0 Å². The average molecular weight is 270 g/mol. The van der Waals surface area contributed by atoms with Crippen molar-refractivity contribution in [2.24, 2.45) is 0 Å². The van der Waals surface area contributed by atoms with E-state index in [4.69, 9.17) is 0 Å². The van der Waals surface area contributed by atoms with E-state index < -0.39 is 5.60 Å². The number of benzene rings is 1. The molecular weight excluding hydrogens is 252 g/mol. The zero-order valence-corrected chi connectivity index (χ0v) is 11.6. The fourth-order valence-corrected chi connectivity index (χ4v) is 1.80. The Bertz CT molecular complexity index is 572. The van der Waals surface area contributed by atoms with Gasteiger partial charge < -0.3 is 10.4 Å². The highest BCUT2D eigenvalue weighted by Gasteiger charge is 2.15. The van der Waals surface area contributed by atoms with Gasteiger partial charge >= 0.3 is 0 Å². The summed E-state index contributed by atoms with van der Waals surface area (Å²) in [5, 5.41) is 12.7. The Labute approximate surface area is 118 Å². The third-order valence-corrected chi connectivity index (χ3v) is 3.01. The molecule has 0 saturated heterocycles. The van der Waals surface area contributed by atoms with Crippen molar-refractivity contribution >= 4 is 5.91 Å². The third-order valence-electron chi connectivity index (χ3n) is 3.01. The Morgan fingerprint density at radius 3 is 2.45 bits per heavy atom. The largest absolute Gasteiger partial charge is 0.386 e. The van der Waals surface area contributed by atoms with Gasteiger partial charge in [-0.15, -0.1) is 0 Å². The van der Waals surface area contributed by atoms with Crippen molar-refractivity contribution in [3.8, 4) is 0 Å². The van der Waals surface area contributed by atoms with Gasteiger partial charge in [0, 0.05) is 12.7 Å². The van der Waals surface area contributed by atoms with Crippen molar-refractivity contribution in [2.75, 3.05) is 0 Å². The summed E-state index contributed by atoms with van der Waals surface area (Å²) in [7, 11) is 0. The molecule has 0 radical (unpaired) electrons. The van der Waals surface area contributed by atoms with E-state index >= 15 is 0 Å². The lowest BCUT2D eigenvalue weighted by molar-refractivity contribution is 0.0785. The van der Waals surface area contributed by atoms with Crippen LogP contribution in [0.3, 0.4) is 0 Å². The Hall–Kier alpha value is -2.20. The maximum atomic E-state index is 11.8. The van der Waals surface area contributed by atoms with Crippen LogP contribution in [0.2, 0.25) is 0 Å². The molecule has 0 fully saturated rings. The Kier molecular flexibility index (Phi) is 4.15. The molecule has 0 aliphatic rings. The molecule has 0 atom stereocenters. The maximum absolute atomic E-state index is 11.8. The summed E-state index contributed by atoms with van der Waals surface area (Å²) in [6, 6.07) is 12.7. The first kappa shape index (κ1) is 14.2. The zero-order chi connectivity index (χ0) is 14.6. The van der Waals surface area contributed by atoms with Gasteiger partial charge in [0.05, 0.1) is 5.60 Å². The molecular formula is C16H18N2O2. The minimum absolute atomic E-state index is 0.197. The molecule has 2 N–H and O–H groups in total. The number of hydrogen-bond donors (Lipinski definition) is 2. The van der Waals surface area contributed by atoms with Crippen molar-refractivity contribution in [1.29, 1.82) is 0 Å². The van der Waals surface area contributed by atoms with Gasteiger partial charge in [0.1, 0.15) is 5.69 Å². The summed E-state index contributed by atoms with van der Waals surface area (Å²) in [5.74, 6) is -0.197. The topological polar surface area (TPSA) is 62.2 Å². The van der Waals surface area contributed by atoms with Crippen LogP contribution in [0.1, 0.15) is 35.5 Å². The molecule has 0 spiro atoms. The van der Waals surface area contributed by atoms with Gasteiger partial charge in [-0.1, -0.05) is 30.3 Å². The number of hydrogen-bond acceptors (Lipinski definition) is 3. The highest BCUT2D eigenvalue weighted by Crippen LogP contribution is 2.19. The molecule has 0 aliphatic carbocycles. The number of pyridine rings is 1. The summed E-state index contributed by atoms with van der Waals surface area (Å²) >= 11 is 0. The van der Waals surface area contributed by atoms with Crippen LogP contribution in [0.25, 0.3) is 0 Å². The quantitative estimate of drug-likeness (QED) is 0.895. The van der Waals surface area contributed by atoms with E-state index in [1.807, 2.05) is 24.3 Å². The average Bonchev–Trinajstić information content (AvgIpc) is 2.45. The minimum atomic E-state index is -0.851. The number of nitrogens with one attached hydrogen (secondary N) is 1. The molecule has 0 unspecified atom stereocenters. The van der Waals surface area contributed by atoms with E-state index in [9.17, 15) is 9.90 Å². The molecule has 1 amide bonds. The number of nitrogens with zero attached hydrogens (tertiary/aromatic N) is 1. The van der Waals surface area contributed by atoms with Gasteiger partial charge in [-0.3, -0.25) is 9.78 Å².